The summed E-state index contributed by atoms with van der Waals surface area (Å²) in [5.74, 6) is 0.210. The molecule has 1 heterocycles. The number of hydrogen-bond donors (Lipinski definition) is 2. The van der Waals surface area contributed by atoms with Crippen molar-refractivity contribution in [2.75, 3.05) is 5.32 Å². The number of aliphatic hydroxyl groups excluding tert-OH is 1. The van der Waals surface area contributed by atoms with Crippen LogP contribution in [0.2, 0.25) is 10.0 Å². The van der Waals surface area contributed by atoms with Crippen molar-refractivity contribution in [3.63, 3.8) is 0 Å². The number of benzene rings is 3. The molecule has 0 radical (unpaired) electrons. The second-order valence-corrected chi connectivity index (χ2v) is 8.51. The Labute approximate surface area is 197 Å². The first-order valence-electron chi connectivity index (χ1n) is 9.31. The average molecular weight is 517 g/mol. The normalized spacial score (nSPS) is 11.9. The van der Waals surface area contributed by atoms with Crippen LogP contribution in [0.1, 0.15) is 27.8 Å². The van der Waals surface area contributed by atoms with Crippen LogP contribution in [-0.2, 0) is 0 Å². The quantitative estimate of drug-likeness (QED) is 0.291. The average Bonchev–Trinajstić information content (AvgIpc) is 3.25. The highest BCUT2D eigenvalue weighted by Crippen LogP contribution is 2.33. The summed E-state index contributed by atoms with van der Waals surface area (Å²) < 4.78 is 6.52. The number of rotatable bonds is 5. The lowest BCUT2D eigenvalue weighted by molar-refractivity contribution is 0.0997. The largest absolute Gasteiger partial charge is 0.451 e. The third kappa shape index (κ3) is 4.86. The summed E-state index contributed by atoms with van der Waals surface area (Å²) in [6, 6.07) is 22.7. The van der Waals surface area contributed by atoms with Crippen LogP contribution >= 0.6 is 39.1 Å². The van der Waals surface area contributed by atoms with E-state index in [0.717, 1.165) is 10.0 Å². The number of carbonyl (C=O) groups excluding carboxylic acids is 1. The maximum Gasteiger partial charge on any atom is 0.291 e. The van der Waals surface area contributed by atoms with Crippen molar-refractivity contribution in [3.8, 4) is 11.3 Å². The van der Waals surface area contributed by atoms with Crippen molar-refractivity contribution in [2.45, 2.75) is 6.10 Å². The van der Waals surface area contributed by atoms with Crippen LogP contribution in [-0.4, -0.2) is 11.0 Å². The predicted octanol–water partition coefficient (Wildman–Crippen LogP) is 7.35. The van der Waals surface area contributed by atoms with Crippen molar-refractivity contribution in [1.29, 1.82) is 0 Å². The van der Waals surface area contributed by atoms with Crippen LogP contribution in [0.3, 0.4) is 0 Å². The molecule has 1 atom stereocenters. The molecule has 1 amide bonds. The smallest absolute Gasteiger partial charge is 0.291 e. The molecule has 4 rings (SSSR count). The first-order chi connectivity index (χ1) is 14.9. The van der Waals surface area contributed by atoms with Gasteiger partial charge in [-0.15, -0.1) is 0 Å². The van der Waals surface area contributed by atoms with E-state index < -0.39 is 12.0 Å². The number of carbonyl (C=O) groups is 1. The molecule has 0 saturated carbocycles. The van der Waals surface area contributed by atoms with Gasteiger partial charge in [-0.3, -0.25) is 4.79 Å². The summed E-state index contributed by atoms with van der Waals surface area (Å²) in [5, 5.41) is 14.7. The van der Waals surface area contributed by atoms with Crippen molar-refractivity contribution < 1.29 is 14.3 Å². The molecular weight excluding hydrogens is 501 g/mol. The van der Waals surface area contributed by atoms with Gasteiger partial charge in [-0.1, -0.05) is 53.5 Å². The van der Waals surface area contributed by atoms with Gasteiger partial charge in [-0.25, -0.2) is 0 Å². The molecule has 0 fully saturated rings. The lowest BCUT2D eigenvalue weighted by atomic mass is 10.00. The Morgan fingerprint density at radius 2 is 1.65 bits per heavy atom. The minimum atomic E-state index is -0.951. The topological polar surface area (TPSA) is 62.5 Å². The van der Waals surface area contributed by atoms with Crippen LogP contribution in [0.4, 0.5) is 5.69 Å². The van der Waals surface area contributed by atoms with E-state index in [2.05, 4.69) is 21.2 Å². The molecule has 7 heteroatoms. The van der Waals surface area contributed by atoms with Crippen molar-refractivity contribution in [2.24, 2.45) is 0 Å². The zero-order chi connectivity index (χ0) is 22.0. The highest BCUT2D eigenvalue weighted by Gasteiger charge is 2.19. The fourth-order valence-corrected chi connectivity index (χ4v) is 4.23. The first kappa shape index (κ1) is 21.7. The third-order valence-electron chi connectivity index (χ3n) is 4.70. The zero-order valence-corrected chi connectivity index (χ0v) is 19.1. The lowest BCUT2D eigenvalue weighted by Crippen LogP contribution is -2.14. The number of nitrogens with one attached hydrogen (secondary N) is 1. The molecule has 0 spiro atoms. The highest BCUT2D eigenvalue weighted by molar-refractivity contribution is 9.10. The predicted molar refractivity (Wildman–Crippen MR) is 127 cm³/mol. The molecule has 0 aliphatic heterocycles. The Hall–Kier alpha value is -2.57. The first-order valence-corrected chi connectivity index (χ1v) is 10.9. The van der Waals surface area contributed by atoms with Gasteiger partial charge in [0.05, 0.1) is 0 Å². The van der Waals surface area contributed by atoms with Gasteiger partial charge >= 0.3 is 0 Å². The Morgan fingerprint density at radius 1 is 0.935 bits per heavy atom. The van der Waals surface area contributed by atoms with E-state index >= 15 is 0 Å². The summed E-state index contributed by atoms with van der Waals surface area (Å²) in [4.78, 5) is 12.8. The molecule has 1 aromatic heterocycles. The monoisotopic (exact) mass is 515 g/mol. The summed E-state index contributed by atoms with van der Waals surface area (Å²) in [7, 11) is 0. The molecule has 4 aromatic rings. The summed E-state index contributed by atoms with van der Waals surface area (Å²) in [5.41, 5.74) is 2.39. The van der Waals surface area contributed by atoms with E-state index in [1.165, 1.54) is 0 Å². The number of amides is 1. The molecule has 31 heavy (non-hydrogen) atoms. The van der Waals surface area contributed by atoms with Crippen LogP contribution in [0, 0.1) is 0 Å². The molecule has 0 bridgehead atoms. The maximum absolute atomic E-state index is 12.8. The molecule has 2 N–H and O–H groups in total. The summed E-state index contributed by atoms with van der Waals surface area (Å²) >= 11 is 15.6. The number of anilines is 1. The van der Waals surface area contributed by atoms with Crippen molar-refractivity contribution in [1.82, 2.24) is 0 Å². The minimum absolute atomic E-state index is 0.131. The lowest BCUT2D eigenvalue weighted by Gasteiger charge is -2.17. The maximum atomic E-state index is 12.8. The Kier molecular flexibility index (Phi) is 6.49. The second-order valence-electron chi connectivity index (χ2n) is 6.79. The van der Waals surface area contributed by atoms with Gasteiger partial charge in [0.15, 0.2) is 5.76 Å². The van der Waals surface area contributed by atoms with E-state index in [4.69, 9.17) is 27.6 Å². The summed E-state index contributed by atoms with van der Waals surface area (Å²) in [6.07, 6.45) is -0.951. The molecule has 3 aromatic carbocycles. The van der Waals surface area contributed by atoms with Crippen LogP contribution in [0.15, 0.2) is 87.8 Å². The second kappa shape index (κ2) is 9.28. The van der Waals surface area contributed by atoms with Gasteiger partial charge in [0.2, 0.25) is 0 Å². The highest BCUT2D eigenvalue weighted by atomic mass is 79.9. The van der Waals surface area contributed by atoms with Gasteiger partial charge in [0.1, 0.15) is 11.9 Å². The molecule has 156 valence electrons. The van der Waals surface area contributed by atoms with Gasteiger partial charge in [0, 0.05) is 31.3 Å². The fraction of sp³-hybridized carbons (Fsp3) is 0.0417. The molecule has 4 nitrogen and oxygen atoms in total. The van der Waals surface area contributed by atoms with Gasteiger partial charge in [-0.2, -0.15) is 0 Å². The molecular formula is C24H16BrCl2NO3. The molecule has 1 unspecified atom stereocenters. The van der Waals surface area contributed by atoms with Crippen molar-refractivity contribution >= 4 is 50.7 Å². The SMILES string of the molecule is O=C(Nc1ccc(Cl)cc1C(O)c1ccccc1)c1ccc(-c2ccc(Cl)cc2Br)o1. The third-order valence-corrected chi connectivity index (χ3v) is 5.82. The van der Waals surface area contributed by atoms with E-state index in [1.54, 1.807) is 60.7 Å². The zero-order valence-electron chi connectivity index (χ0n) is 16.0. The number of aliphatic hydroxyl groups is 1. The molecule has 0 saturated heterocycles. The number of furan rings is 1. The Morgan fingerprint density at radius 3 is 2.39 bits per heavy atom. The number of halogens is 3. The molecule has 0 aliphatic rings. The van der Waals surface area contributed by atoms with E-state index in [9.17, 15) is 9.90 Å². The van der Waals surface area contributed by atoms with E-state index in [0.29, 0.717) is 32.6 Å². The van der Waals surface area contributed by atoms with E-state index in [-0.39, 0.29) is 5.76 Å². The van der Waals surface area contributed by atoms with Gasteiger partial charge < -0.3 is 14.8 Å². The van der Waals surface area contributed by atoms with Crippen LogP contribution in [0.25, 0.3) is 11.3 Å². The van der Waals surface area contributed by atoms with Crippen molar-refractivity contribution in [3.05, 3.63) is 110 Å². The fourth-order valence-electron chi connectivity index (χ4n) is 3.17. The van der Waals surface area contributed by atoms with Crippen LogP contribution in [0.5, 0.6) is 0 Å². The minimum Gasteiger partial charge on any atom is -0.451 e. The summed E-state index contributed by atoms with van der Waals surface area (Å²) in [6.45, 7) is 0. The van der Waals surface area contributed by atoms with Crippen LogP contribution < -0.4 is 5.32 Å². The number of hydrogen-bond acceptors (Lipinski definition) is 3. The standard InChI is InChI=1S/C24H16BrCl2NO3/c25-19-13-16(27)6-8-17(19)21-10-11-22(31-21)24(30)28-20-9-7-15(26)12-18(20)23(29)14-4-2-1-3-5-14/h1-13,23,29H,(H,28,30). The Balaban J connectivity index is 1.60. The van der Waals surface area contributed by atoms with Gasteiger partial charge in [0.25, 0.3) is 5.91 Å². The van der Waals surface area contributed by atoms with E-state index in [1.807, 2.05) is 18.2 Å². The van der Waals surface area contributed by atoms with Gasteiger partial charge in [-0.05, 0) is 70.0 Å². The molecule has 0 aliphatic carbocycles. The Bertz CT molecular complexity index is 1240.